The van der Waals surface area contributed by atoms with Crippen molar-refractivity contribution in [3.63, 3.8) is 0 Å². The molecule has 0 saturated heterocycles. The van der Waals surface area contributed by atoms with Gasteiger partial charge in [-0.2, -0.15) is 5.26 Å². The first-order valence-electron chi connectivity index (χ1n) is 6.83. The molecule has 0 bridgehead atoms. The number of nitrogens with zero attached hydrogens (tertiary/aromatic N) is 1. The van der Waals surface area contributed by atoms with E-state index in [1.54, 1.807) is 0 Å². The van der Waals surface area contributed by atoms with Crippen LogP contribution < -0.4 is 9.47 Å². The normalized spacial score (nSPS) is 25.6. The van der Waals surface area contributed by atoms with E-state index in [4.69, 9.17) is 9.47 Å². The minimum Gasteiger partial charge on any atom is -0.486 e. The minimum atomic E-state index is 0.187. The third-order valence-electron chi connectivity index (χ3n) is 3.67. The monoisotopic (exact) mass is 275 g/mol. The average Bonchev–Trinajstić information content (AvgIpc) is 2.48. The molecule has 2 atom stereocenters. The molecule has 0 spiro atoms. The van der Waals surface area contributed by atoms with Gasteiger partial charge in [0.1, 0.15) is 13.2 Å². The molecular formula is C15H17NO2S. The summed E-state index contributed by atoms with van der Waals surface area (Å²) in [5.41, 5.74) is 0. The van der Waals surface area contributed by atoms with Crippen LogP contribution >= 0.6 is 11.8 Å². The lowest BCUT2D eigenvalue weighted by Crippen LogP contribution is -2.20. The number of fused-ring (bicyclic) bond motifs is 1. The van der Waals surface area contributed by atoms with Crippen molar-refractivity contribution in [2.24, 2.45) is 5.92 Å². The molecule has 1 saturated carbocycles. The standard InChI is InChI=1S/C15H17NO2S/c16-10-11-3-1-2-4-15(11)19-12-5-6-13-14(9-12)18-8-7-17-13/h5-6,9,11,15H,1-4,7-8H2. The lowest BCUT2D eigenvalue weighted by atomic mass is 9.90. The van der Waals surface area contributed by atoms with Gasteiger partial charge in [0.2, 0.25) is 0 Å². The van der Waals surface area contributed by atoms with Crippen LogP contribution in [0.25, 0.3) is 0 Å². The number of thioether (sulfide) groups is 1. The zero-order chi connectivity index (χ0) is 13.1. The van der Waals surface area contributed by atoms with Gasteiger partial charge in [0.05, 0.1) is 12.0 Å². The molecule has 3 rings (SSSR count). The highest BCUT2D eigenvalue weighted by Crippen LogP contribution is 2.40. The predicted octanol–water partition coefficient (Wildman–Crippen LogP) is 3.63. The minimum absolute atomic E-state index is 0.187. The van der Waals surface area contributed by atoms with E-state index in [-0.39, 0.29) is 5.92 Å². The molecular weight excluding hydrogens is 258 g/mol. The van der Waals surface area contributed by atoms with Crippen LogP contribution in [-0.2, 0) is 0 Å². The van der Waals surface area contributed by atoms with Crippen molar-refractivity contribution >= 4 is 11.8 Å². The Balaban J connectivity index is 1.74. The highest BCUT2D eigenvalue weighted by Gasteiger charge is 2.26. The first-order valence-corrected chi connectivity index (χ1v) is 7.71. The first kappa shape index (κ1) is 12.7. The fourth-order valence-corrected chi connectivity index (χ4v) is 3.97. The van der Waals surface area contributed by atoms with Crippen molar-refractivity contribution in [2.45, 2.75) is 35.8 Å². The van der Waals surface area contributed by atoms with E-state index in [1.807, 2.05) is 23.9 Å². The third kappa shape index (κ3) is 2.82. The van der Waals surface area contributed by atoms with Crippen LogP contribution in [0.4, 0.5) is 0 Å². The Morgan fingerprint density at radius 3 is 2.74 bits per heavy atom. The van der Waals surface area contributed by atoms with Gasteiger partial charge in [0.25, 0.3) is 0 Å². The van der Waals surface area contributed by atoms with Gasteiger partial charge >= 0.3 is 0 Å². The van der Waals surface area contributed by atoms with Crippen LogP contribution in [0.1, 0.15) is 25.7 Å². The lowest BCUT2D eigenvalue weighted by molar-refractivity contribution is 0.171. The second kappa shape index (κ2) is 5.75. The SMILES string of the molecule is N#CC1CCCCC1Sc1ccc2c(c1)OCCO2. The molecule has 1 aliphatic heterocycles. The predicted molar refractivity (Wildman–Crippen MR) is 74.6 cm³/mol. The van der Waals surface area contributed by atoms with E-state index in [2.05, 4.69) is 12.1 Å². The molecule has 4 heteroatoms. The van der Waals surface area contributed by atoms with Gasteiger partial charge in [-0.1, -0.05) is 12.8 Å². The molecule has 1 aliphatic carbocycles. The fraction of sp³-hybridized carbons (Fsp3) is 0.533. The van der Waals surface area contributed by atoms with Gasteiger partial charge in [0.15, 0.2) is 11.5 Å². The molecule has 1 aromatic carbocycles. The second-order valence-electron chi connectivity index (χ2n) is 4.98. The van der Waals surface area contributed by atoms with Crippen LogP contribution in [0.2, 0.25) is 0 Å². The molecule has 1 fully saturated rings. The second-order valence-corrected chi connectivity index (χ2v) is 6.29. The Hall–Kier alpha value is -1.34. The molecule has 2 unspecified atom stereocenters. The van der Waals surface area contributed by atoms with Gasteiger partial charge in [0, 0.05) is 10.1 Å². The highest BCUT2D eigenvalue weighted by atomic mass is 32.2. The Kier molecular flexibility index (Phi) is 3.84. The molecule has 0 N–H and O–H groups in total. The van der Waals surface area contributed by atoms with E-state index in [0.717, 1.165) is 24.3 Å². The number of hydrogen-bond donors (Lipinski definition) is 0. The van der Waals surface area contributed by atoms with Crippen LogP contribution in [0.15, 0.2) is 23.1 Å². The van der Waals surface area contributed by atoms with E-state index >= 15 is 0 Å². The maximum atomic E-state index is 9.22. The van der Waals surface area contributed by atoms with Gasteiger partial charge in [-0.15, -0.1) is 11.8 Å². The first-order chi connectivity index (χ1) is 9.36. The Labute approximate surface area is 117 Å². The van der Waals surface area contributed by atoms with Crippen LogP contribution in [0.5, 0.6) is 11.5 Å². The van der Waals surface area contributed by atoms with Gasteiger partial charge in [-0.3, -0.25) is 0 Å². The summed E-state index contributed by atoms with van der Waals surface area (Å²) in [4.78, 5) is 1.18. The van der Waals surface area contributed by atoms with Crippen molar-refractivity contribution in [2.75, 3.05) is 13.2 Å². The zero-order valence-electron chi connectivity index (χ0n) is 10.8. The summed E-state index contributed by atoms with van der Waals surface area (Å²) in [6.45, 7) is 1.24. The Morgan fingerprint density at radius 2 is 1.89 bits per heavy atom. The summed E-state index contributed by atoms with van der Waals surface area (Å²) in [6.07, 6.45) is 4.60. The summed E-state index contributed by atoms with van der Waals surface area (Å²) in [5.74, 6) is 1.85. The van der Waals surface area contributed by atoms with Crippen molar-refractivity contribution in [3.05, 3.63) is 18.2 Å². The molecule has 1 aromatic rings. The van der Waals surface area contributed by atoms with Crippen LogP contribution in [0.3, 0.4) is 0 Å². The summed E-state index contributed by atoms with van der Waals surface area (Å²) in [6, 6.07) is 8.55. The van der Waals surface area contributed by atoms with Gasteiger partial charge in [-0.25, -0.2) is 0 Å². The van der Waals surface area contributed by atoms with E-state index in [1.165, 1.54) is 17.7 Å². The van der Waals surface area contributed by atoms with Gasteiger partial charge < -0.3 is 9.47 Å². The maximum Gasteiger partial charge on any atom is 0.162 e. The number of benzene rings is 1. The molecule has 19 heavy (non-hydrogen) atoms. The topological polar surface area (TPSA) is 42.2 Å². The Bertz CT molecular complexity index is 497. The highest BCUT2D eigenvalue weighted by molar-refractivity contribution is 8.00. The fourth-order valence-electron chi connectivity index (χ4n) is 2.66. The smallest absolute Gasteiger partial charge is 0.162 e. The molecule has 3 nitrogen and oxygen atoms in total. The Morgan fingerprint density at radius 1 is 1.11 bits per heavy atom. The summed E-state index contributed by atoms with van der Waals surface area (Å²) >= 11 is 1.81. The molecule has 1 heterocycles. The number of rotatable bonds is 2. The van der Waals surface area contributed by atoms with Crippen molar-refractivity contribution in [1.82, 2.24) is 0 Å². The molecule has 100 valence electrons. The van der Waals surface area contributed by atoms with Crippen molar-refractivity contribution in [3.8, 4) is 17.6 Å². The maximum absolute atomic E-state index is 9.22. The van der Waals surface area contributed by atoms with Crippen molar-refractivity contribution in [1.29, 1.82) is 5.26 Å². The summed E-state index contributed by atoms with van der Waals surface area (Å²) < 4.78 is 11.1. The van der Waals surface area contributed by atoms with E-state index < -0.39 is 0 Å². The van der Waals surface area contributed by atoms with E-state index in [9.17, 15) is 5.26 Å². The lowest BCUT2D eigenvalue weighted by Gasteiger charge is -2.26. The average molecular weight is 275 g/mol. The van der Waals surface area contributed by atoms with E-state index in [0.29, 0.717) is 18.5 Å². The molecule has 0 amide bonds. The quantitative estimate of drug-likeness (QED) is 0.826. The third-order valence-corrected chi connectivity index (χ3v) is 5.06. The van der Waals surface area contributed by atoms with Crippen LogP contribution in [0, 0.1) is 17.2 Å². The number of ether oxygens (including phenoxy) is 2. The molecule has 2 aliphatic rings. The number of nitriles is 1. The zero-order valence-corrected chi connectivity index (χ0v) is 11.6. The van der Waals surface area contributed by atoms with Crippen LogP contribution in [-0.4, -0.2) is 18.5 Å². The van der Waals surface area contributed by atoms with Gasteiger partial charge in [-0.05, 0) is 31.0 Å². The van der Waals surface area contributed by atoms with Crippen molar-refractivity contribution < 1.29 is 9.47 Å². The summed E-state index contributed by atoms with van der Waals surface area (Å²) in [7, 11) is 0. The molecule has 0 aromatic heterocycles. The summed E-state index contributed by atoms with van der Waals surface area (Å²) in [5, 5.41) is 9.64. The molecule has 0 radical (unpaired) electrons. The largest absolute Gasteiger partial charge is 0.486 e. The number of hydrogen-bond acceptors (Lipinski definition) is 4.